The van der Waals surface area contributed by atoms with Gasteiger partial charge >= 0.3 is 0 Å². The topological polar surface area (TPSA) is 0 Å². The highest BCUT2D eigenvalue weighted by Crippen LogP contribution is 2.48. The summed E-state index contributed by atoms with van der Waals surface area (Å²) in [5.41, 5.74) is 0.829. The maximum absolute atomic E-state index is 2.45. The number of rotatable bonds is 0. The van der Waals surface area contributed by atoms with E-state index in [1.165, 1.54) is 32.1 Å². The van der Waals surface area contributed by atoms with E-state index in [4.69, 9.17) is 0 Å². The van der Waals surface area contributed by atoms with Crippen LogP contribution in [0.1, 0.15) is 64.7 Å². The largest absolute Gasteiger partial charge is 0.0625 e. The third-order valence-electron chi connectivity index (χ3n) is 4.10. The zero-order valence-corrected chi connectivity index (χ0v) is 8.44. The Morgan fingerprint density at radius 1 is 0.917 bits per heavy atom. The lowest BCUT2D eigenvalue weighted by Gasteiger charge is -2.43. The van der Waals surface area contributed by atoms with Crippen LogP contribution < -0.4 is 0 Å². The molecule has 0 heterocycles. The predicted molar refractivity (Wildman–Crippen MR) is 53.2 cm³/mol. The van der Waals surface area contributed by atoms with E-state index >= 15 is 0 Å². The predicted octanol–water partition coefficient (Wildman–Crippen LogP) is 4.15. The van der Waals surface area contributed by atoms with Crippen molar-refractivity contribution in [2.45, 2.75) is 64.7 Å². The third-order valence-corrected chi connectivity index (χ3v) is 4.10. The molecule has 0 heteroatoms. The Kier molecular flexibility index (Phi) is 2.43. The molecule has 2 fully saturated rings. The van der Waals surface area contributed by atoms with E-state index < -0.39 is 0 Å². The van der Waals surface area contributed by atoms with Gasteiger partial charge in [0.25, 0.3) is 0 Å². The molecule has 0 amide bonds. The van der Waals surface area contributed by atoms with Gasteiger partial charge in [-0.05, 0) is 37.0 Å². The minimum Gasteiger partial charge on any atom is -0.0625 e. The van der Waals surface area contributed by atoms with Crippen LogP contribution in [-0.4, -0.2) is 0 Å². The molecular weight excluding hydrogens is 144 g/mol. The van der Waals surface area contributed by atoms with E-state index in [0.717, 1.165) is 11.3 Å². The SMILES string of the molecule is C[C@@H]1CCCC2(CCCCC2)C1. The molecule has 0 radical (unpaired) electrons. The van der Waals surface area contributed by atoms with Crippen LogP contribution in [0.3, 0.4) is 0 Å². The normalized spacial score (nSPS) is 35.2. The van der Waals surface area contributed by atoms with Crippen LogP contribution in [0.25, 0.3) is 0 Å². The quantitative estimate of drug-likeness (QED) is 0.507. The summed E-state index contributed by atoms with van der Waals surface area (Å²) in [6, 6.07) is 0. The van der Waals surface area contributed by atoms with Gasteiger partial charge in [-0.15, -0.1) is 0 Å². The van der Waals surface area contributed by atoms with E-state index in [-0.39, 0.29) is 0 Å². The highest BCUT2D eigenvalue weighted by Gasteiger charge is 2.35. The molecule has 2 aliphatic rings. The zero-order chi connectivity index (χ0) is 8.44. The molecule has 2 rings (SSSR count). The molecule has 0 aromatic carbocycles. The van der Waals surface area contributed by atoms with Crippen molar-refractivity contribution in [3.63, 3.8) is 0 Å². The van der Waals surface area contributed by atoms with Crippen LogP contribution in [0, 0.1) is 11.3 Å². The summed E-state index contributed by atoms with van der Waals surface area (Å²) in [5, 5.41) is 0. The van der Waals surface area contributed by atoms with Crippen LogP contribution >= 0.6 is 0 Å². The summed E-state index contributed by atoms with van der Waals surface area (Å²) in [7, 11) is 0. The first-order chi connectivity index (χ1) is 5.81. The Hall–Kier alpha value is 0. The number of hydrogen-bond donors (Lipinski definition) is 0. The van der Waals surface area contributed by atoms with Gasteiger partial charge in [-0.2, -0.15) is 0 Å². The van der Waals surface area contributed by atoms with Crippen molar-refractivity contribution in [3.05, 3.63) is 0 Å². The van der Waals surface area contributed by atoms with Crippen LogP contribution in [0.4, 0.5) is 0 Å². The van der Waals surface area contributed by atoms with Gasteiger partial charge in [-0.25, -0.2) is 0 Å². The summed E-state index contributed by atoms with van der Waals surface area (Å²) in [4.78, 5) is 0. The molecule has 0 unspecified atom stereocenters. The smallest absolute Gasteiger partial charge is 0.0295 e. The summed E-state index contributed by atoms with van der Waals surface area (Å²) >= 11 is 0. The van der Waals surface area contributed by atoms with Gasteiger partial charge in [-0.1, -0.05) is 39.0 Å². The maximum Gasteiger partial charge on any atom is -0.0295 e. The van der Waals surface area contributed by atoms with Crippen molar-refractivity contribution in [3.8, 4) is 0 Å². The molecule has 0 aliphatic heterocycles. The fourth-order valence-electron chi connectivity index (χ4n) is 3.52. The molecule has 0 saturated heterocycles. The molecule has 2 saturated carbocycles. The Bertz CT molecular complexity index is 137. The molecular formula is C12H22. The maximum atomic E-state index is 2.45. The van der Waals surface area contributed by atoms with Crippen LogP contribution in [0.5, 0.6) is 0 Å². The van der Waals surface area contributed by atoms with Crippen molar-refractivity contribution in [2.24, 2.45) is 11.3 Å². The van der Waals surface area contributed by atoms with Gasteiger partial charge in [0.15, 0.2) is 0 Å². The second-order valence-corrected chi connectivity index (χ2v) is 5.26. The molecule has 0 aromatic heterocycles. The summed E-state index contributed by atoms with van der Waals surface area (Å²) in [6.07, 6.45) is 13.8. The molecule has 12 heavy (non-hydrogen) atoms. The van der Waals surface area contributed by atoms with Gasteiger partial charge < -0.3 is 0 Å². The molecule has 70 valence electrons. The highest BCUT2D eigenvalue weighted by molar-refractivity contribution is 4.87. The molecule has 0 nitrogen and oxygen atoms in total. The average Bonchev–Trinajstić information content (AvgIpc) is 2.05. The summed E-state index contributed by atoms with van der Waals surface area (Å²) < 4.78 is 0. The lowest BCUT2D eigenvalue weighted by molar-refractivity contribution is 0.0937. The Morgan fingerprint density at radius 2 is 1.58 bits per heavy atom. The second-order valence-electron chi connectivity index (χ2n) is 5.26. The fraction of sp³-hybridized carbons (Fsp3) is 1.00. The minimum absolute atomic E-state index is 0.829. The highest BCUT2D eigenvalue weighted by atomic mass is 14.4. The van der Waals surface area contributed by atoms with E-state index in [0.29, 0.717) is 0 Å². The van der Waals surface area contributed by atoms with Gasteiger partial charge in [0.2, 0.25) is 0 Å². The Labute approximate surface area is 76.7 Å². The Morgan fingerprint density at radius 3 is 2.25 bits per heavy atom. The van der Waals surface area contributed by atoms with Crippen molar-refractivity contribution < 1.29 is 0 Å². The second kappa shape index (κ2) is 3.40. The fourth-order valence-corrected chi connectivity index (χ4v) is 3.52. The molecule has 0 N–H and O–H groups in total. The molecule has 1 atom stereocenters. The van der Waals surface area contributed by atoms with Crippen molar-refractivity contribution in [1.29, 1.82) is 0 Å². The van der Waals surface area contributed by atoms with E-state index in [1.54, 1.807) is 25.7 Å². The van der Waals surface area contributed by atoms with Gasteiger partial charge in [-0.3, -0.25) is 0 Å². The lowest BCUT2D eigenvalue weighted by Crippen LogP contribution is -2.29. The number of hydrogen-bond acceptors (Lipinski definition) is 0. The van der Waals surface area contributed by atoms with Gasteiger partial charge in [0, 0.05) is 0 Å². The van der Waals surface area contributed by atoms with E-state index in [9.17, 15) is 0 Å². The monoisotopic (exact) mass is 166 g/mol. The van der Waals surface area contributed by atoms with E-state index in [1.807, 2.05) is 0 Å². The summed E-state index contributed by atoms with van der Waals surface area (Å²) in [6.45, 7) is 2.45. The Balaban J connectivity index is 1.97. The first-order valence-electron chi connectivity index (χ1n) is 5.81. The molecule has 0 bridgehead atoms. The summed E-state index contributed by atoms with van der Waals surface area (Å²) in [5.74, 6) is 1.02. The van der Waals surface area contributed by atoms with Crippen LogP contribution in [-0.2, 0) is 0 Å². The average molecular weight is 166 g/mol. The standard InChI is InChI=1S/C12H22/c1-11-6-5-9-12(10-11)7-3-2-4-8-12/h11H,2-10H2,1H3/t11-/m1/s1. The minimum atomic E-state index is 0.829. The van der Waals surface area contributed by atoms with Crippen molar-refractivity contribution >= 4 is 0 Å². The van der Waals surface area contributed by atoms with E-state index in [2.05, 4.69) is 6.92 Å². The first-order valence-corrected chi connectivity index (χ1v) is 5.81. The zero-order valence-electron chi connectivity index (χ0n) is 8.44. The van der Waals surface area contributed by atoms with Crippen LogP contribution in [0.15, 0.2) is 0 Å². The van der Waals surface area contributed by atoms with Crippen molar-refractivity contribution in [1.82, 2.24) is 0 Å². The lowest BCUT2D eigenvalue weighted by atomic mass is 9.63. The van der Waals surface area contributed by atoms with Crippen molar-refractivity contribution in [2.75, 3.05) is 0 Å². The molecule has 2 aliphatic carbocycles. The van der Waals surface area contributed by atoms with Crippen LogP contribution in [0.2, 0.25) is 0 Å². The third kappa shape index (κ3) is 1.67. The first kappa shape index (κ1) is 8.59. The molecule has 0 aromatic rings. The van der Waals surface area contributed by atoms with Gasteiger partial charge in [0.05, 0.1) is 0 Å². The molecule has 1 spiro atoms. The van der Waals surface area contributed by atoms with Gasteiger partial charge in [0.1, 0.15) is 0 Å².